The third-order valence-corrected chi connectivity index (χ3v) is 2.02. The summed E-state index contributed by atoms with van der Waals surface area (Å²) < 4.78 is 0. The standard InChI is InChI=1S/C8H12N2O/c1-6(11)10-8-4-7(5-8)2-3-9/h7-8H,2,4-5H2,1H3,(H,10,11). The van der Waals surface area contributed by atoms with Gasteiger partial charge in [0.05, 0.1) is 6.07 Å². The fourth-order valence-corrected chi connectivity index (χ4v) is 1.44. The van der Waals surface area contributed by atoms with Crippen LogP contribution in [0.15, 0.2) is 0 Å². The zero-order chi connectivity index (χ0) is 8.27. The van der Waals surface area contributed by atoms with Gasteiger partial charge >= 0.3 is 0 Å². The van der Waals surface area contributed by atoms with Crippen LogP contribution in [0.2, 0.25) is 0 Å². The van der Waals surface area contributed by atoms with Crippen LogP contribution in [0.5, 0.6) is 0 Å². The molecule has 0 radical (unpaired) electrons. The summed E-state index contributed by atoms with van der Waals surface area (Å²) in [6.07, 6.45) is 2.59. The monoisotopic (exact) mass is 152 g/mol. The maximum absolute atomic E-state index is 10.5. The minimum absolute atomic E-state index is 0.0328. The van der Waals surface area contributed by atoms with E-state index < -0.39 is 0 Å². The van der Waals surface area contributed by atoms with E-state index in [9.17, 15) is 4.79 Å². The molecule has 1 aliphatic carbocycles. The van der Waals surface area contributed by atoms with Gasteiger partial charge in [-0.15, -0.1) is 0 Å². The molecule has 0 bridgehead atoms. The van der Waals surface area contributed by atoms with Gasteiger partial charge in [0.25, 0.3) is 0 Å². The van der Waals surface area contributed by atoms with Crippen molar-refractivity contribution in [2.24, 2.45) is 5.92 Å². The van der Waals surface area contributed by atoms with Crippen LogP contribution in [0.1, 0.15) is 26.2 Å². The second-order valence-electron chi connectivity index (χ2n) is 3.10. The molecule has 0 heterocycles. The van der Waals surface area contributed by atoms with E-state index >= 15 is 0 Å². The van der Waals surface area contributed by atoms with Crippen molar-refractivity contribution in [1.29, 1.82) is 5.26 Å². The smallest absolute Gasteiger partial charge is 0.217 e. The van der Waals surface area contributed by atoms with Crippen molar-refractivity contribution in [2.75, 3.05) is 0 Å². The number of hydrogen-bond donors (Lipinski definition) is 1. The average molecular weight is 152 g/mol. The van der Waals surface area contributed by atoms with Gasteiger partial charge in [-0.3, -0.25) is 4.79 Å². The highest BCUT2D eigenvalue weighted by Crippen LogP contribution is 2.29. The van der Waals surface area contributed by atoms with Gasteiger partial charge in [0.15, 0.2) is 0 Å². The molecule has 3 heteroatoms. The van der Waals surface area contributed by atoms with Crippen LogP contribution < -0.4 is 5.32 Å². The van der Waals surface area contributed by atoms with E-state index in [2.05, 4.69) is 11.4 Å². The van der Waals surface area contributed by atoms with Crippen LogP contribution in [-0.4, -0.2) is 11.9 Å². The zero-order valence-electron chi connectivity index (χ0n) is 6.63. The van der Waals surface area contributed by atoms with Crippen LogP contribution in [0.4, 0.5) is 0 Å². The zero-order valence-corrected chi connectivity index (χ0v) is 6.63. The summed E-state index contributed by atoms with van der Waals surface area (Å²) in [6, 6.07) is 2.47. The van der Waals surface area contributed by atoms with E-state index in [1.165, 1.54) is 6.92 Å². The lowest BCUT2D eigenvalue weighted by atomic mass is 9.78. The highest BCUT2D eigenvalue weighted by molar-refractivity contribution is 5.73. The van der Waals surface area contributed by atoms with Crippen molar-refractivity contribution in [3.8, 4) is 6.07 Å². The number of nitrogens with zero attached hydrogens (tertiary/aromatic N) is 1. The molecule has 0 atom stereocenters. The Bertz CT molecular complexity index is 189. The van der Waals surface area contributed by atoms with Crippen molar-refractivity contribution in [3.05, 3.63) is 0 Å². The second-order valence-corrected chi connectivity index (χ2v) is 3.10. The topological polar surface area (TPSA) is 52.9 Å². The van der Waals surface area contributed by atoms with Crippen LogP contribution in [0.3, 0.4) is 0 Å². The van der Waals surface area contributed by atoms with Gasteiger partial charge < -0.3 is 5.32 Å². The Labute approximate surface area is 66.4 Å². The van der Waals surface area contributed by atoms with Crippen molar-refractivity contribution >= 4 is 5.91 Å². The Kier molecular flexibility index (Phi) is 2.48. The first-order chi connectivity index (χ1) is 5.22. The van der Waals surface area contributed by atoms with Crippen molar-refractivity contribution < 1.29 is 4.79 Å². The van der Waals surface area contributed by atoms with Gasteiger partial charge in [-0.25, -0.2) is 0 Å². The molecule has 60 valence electrons. The molecule has 0 aromatic heterocycles. The summed E-state index contributed by atoms with van der Waals surface area (Å²) in [7, 11) is 0. The molecule has 0 aromatic rings. The lowest BCUT2D eigenvalue weighted by Gasteiger charge is -2.34. The molecule has 1 N–H and O–H groups in total. The van der Waals surface area contributed by atoms with Crippen LogP contribution in [0, 0.1) is 17.2 Å². The Morgan fingerprint density at radius 3 is 2.82 bits per heavy atom. The number of amides is 1. The van der Waals surface area contributed by atoms with E-state index in [0.717, 1.165) is 12.8 Å². The number of nitriles is 1. The highest BCUT2D eigenvalue weighted by atomic mass is 16.1. The molecule has 1 fully saturated rings. The Hall–Kier alpha value is -1.04. The lowest BCUT2D eigenvalue weighted by molar-refractivity contribution is -0.120. The third kappa shape index (κ3) is 2.23. The van der Waals surface area contributed by atoms with Crippen molar-refractivity contribution in [3.63, 3.8) is 0 Å². The second kappa shape index (κ2) is 3.38. The quantitative estimate of drug-likeness (QED) is 0.636. The molecule has 3 nitrogen and oxygen atoms in total. The number of carbonyl (C=O) groups is 1. The van der Waals surface area contributed by atoms with Gasteiger partial charge in [-0.05, 0) is 18.8 Å². The summed E-state index contributed by atoms with van der Waals surface area (Å²) in [5, 5.41) is 11.2. The normalized spacial score (nSPS) is 28.4. The molecule has 1 saturated carbocycles. The SMILES string of the molecule is CC(=O)NC1CC(CC#N)C1. The summed E-state index contributed by atoms with van der Waals surface area (Å²) in [6.45, 7) is 1.53. The van der Waals surface area contributed by atoms with Gasteiger partial charge in [0.2, 0.25) is 5.91 Å². The first-order valence-corrected chi connectivity index (χ1v) is 3.86. The largest absolute Gasteiger partial charge is 0.354 e. The maximum Gasteiger partial charge on any atom is 0.217 e. The summed E-state index contributed by atoms with van der Waals surface area (Å²) in [5.74, 6) is 0.558. The first-order valence-electron chi connectivity index (χ1n) is 3.86. The van der Waals surface area contributed by atoms with Crippen LogP contribution in [-0.2, 0) is 4.79 Å². The molecule has 0 aliphatic heterocycles. The molecule has 1 aliphatic rings. The summed E-state index contributed by atoms with van der Waals surface area (Å²) >= 11 is 0. The molecule has 11 heavy (non-hydrogen) atoms. The molecule has 0 saturated heterocycles. The predicted octanol–water partition coefficient (Wildman–Crippen LogP) is 0.815. The Balaban J connectivity index is 2.10. The molecular weight excluding hydrogens is 140 g/mol. The van der Waals surface area contributed by atoms with E-state index in [1.807, 2.05) is 0 Å². The highest BCUT2D eigenvalue weighted by Gasteiger charge is 2.28. The van der Waals surface area contributed by atoms with Crippen molar-refractivity contribution in [2.45, 2.75) is 32.2 Å². The van der Waals surface area contributed by atoms with E-state index in [-0.39, 0.29) is 5.91 Å². The predicted molar refractivity (Wildman–Crippen MR) is 40.6 cm³/mol. The molecule has 1 amide bonds. The van der Waals surface area contributed by atoms with Crippen LogP contribution >= 0.6 is 0 Å². The number of hydrogen-bond acceptors (Lipinski definition) is 2. The molecule has 1 rings (SSSR count). The van der Waals surface area contributed by atoms with Crippen LogP contribution in [0.25, 0.3) is 0 Å². The fourth-order valence-electron chi connectivity index (χ4n) is 1.44. The van der Waals surface area contributed by atoms with Gasteiger partial charge in [-0.2, -0.15) is 5.26 Å². The Morgan fingerprint density at radius 1 is 1.73 bits per heavy atom. The summed E-state index contributed by atoms with van der Waals surface area (Å²) in [4.78, 5) is 10.5. The van der Waals surface area contributed by atoms with E-state index in [4.69, 9.17) is 5.26 Å². The minimum Gasteiger partial charge on any atom is -0.354 e. The van der Waals surface area contributed by atoms with E-state index in [1.54, 1.807) is 0 Å². The molecule has 0 aromatic carbocycles. The molecule has 0 spiro atoms. The number of nitrogens with one attached hydrogen (secondary N) is 1. The maximum atomic E-state index is 10.5. The number of carbonyl (C=O) groups excluding carboxylic acids is 1. The number of rotatable bonds is 2. The van der Waals surface area contributed by atoms with Gasteiger partial charge in [0, 0.05) is 19.4 Å². The molecular formula is C8H12N2O. The fraction of sp³-hybridized carbons (Fsp3) is 0.750. The summed E-state index contributed by atoms with van der Waals surface area (Å²) in [5.41, 5.74) is 0. The van der Waals surface area contributed by atoms with E-state index in [0.29, 0.717) is 18.4 Å². The van der Waals surface area contributed by atoms with Gasteiger partial charge in [0.1, 0.15) is 0 Å². The first kappa shape index (κ1) is 8.06. The lowest BCUT2D eigenvalue weighted by Crippen LogP contribution is -2.43. The Morgan fingerprint density at radius 2 is 2.36 bits per heavy atom. The third-order valence-electron chi connectivity index (χ3n) is 2.02. The van der Waals surface area contributed by atoms with Crippen molar-refractivity contribution in [1.82, 2.24) is 5.32 Å². The van der Waals surface area contributed by atoms with Gasteiger partial charge in [-0.1, -0.05) is 0 Å². The molecule has 0 unspecified atom stereocenters. The minimum atomic E-state index is 0.0328. The average Bonchev–Trinajstić information content (AvgIpc) is 1.82.